The predicted octanol–water partition coefficient (Wildman–Crippen LogP) is 3.07. The van der Waals surface area contributed by atoms with Gasteiger partial charge in [-0.2, -0.15) is 0 Å². The second kappa shape index (κ2) is 9.28. The van der Waals surface area contributed by atoms with Gasteiger partial charge in [-0.3, -0.25) is 4.90 Å². The van der Waals surface area contributed by atoms with E-state index >= 15 is 0 Å². The Morgan fingerprint density at radius 2 is 1.71 bits per heavy atom. The smallest absolute Gasteiger partial charge is 0.409 e. The summed E-state index contributed by atoms with van der Waals surface area (Å²) in [7, 11) is 0. The van der Waals surface area contributed by atoms with E-state index in [0.29, 0.717) is 12.6 Å². The fourth-order valence-electron chi connectivity index (χ4n) is 4.07. The van der Waals surface area contributed by atoms with Crippen LogP contribution in [0.15, 0.2) is 18.2 Å². The molecule has 2 aliphatic heterocycles. The summed E-state index contributed by atoms with van der Waals surface area (Å²) in [6.07, 6.45) is 1.73. The van der Waals surface area contributed by atoms with E-state index < -0.39 is 0 Å². The predicted molar refractivity (Wildman–Crippen MR) is 110 cm³/mol. The zero-order valence-electron chi connectivity index (χ0n) is 17.2. The summed E-state index contributed by atoms with van der Waals surface area (Å²) in [6, 6.07) is 6.52. The number of carbonyl (C=O) groups is 2. The lowest BCUT2D eigenvalue weighted by atomic mass is 10.0. The number of urea groups is 1. The Morgan fingerprint density at radius 1 is 1.04 bits per heavy atom. The van der Waals surface area contributed by atoms with Crippen LogP contribution in [0.2, 0.25) is 0 Å². The number of amides is 3. The molecule has 3 amide bonds. The number of ether oxygens (including phenoxy) is 1. The Balaban J connectivity index is 1.44. The first-order chi connectivity index (χ1) is 13.5. The first kappa shape index (κ1) is 20.5. The van der Waals surface area contributed by atoms with E-state index in [1.807, 2.05) is 30.9 Å². The molecule has 7 nitrogen and oxygen atoms in total. The quantitative estimate of drug-likeness (QED) is 0.864. The fraction of sp³-hybridized carbons (Fsp3) is 0.619. The van der Waals surface area contributed by atoms with Crippen molar-refractivity contribution in [3.63, 3.8) is 0 Å². The monoisotopic (exact) mass is 388 g/mol. The topological polar surface area (TPSA) is 65.1 Å². The van der Waals surface area contributed by atoms with Gasteiger partial charge in [0.1, 0.15) is 0 Å². The highest BCUT2D eigenvalue weighted by molar-refractivity contribution is 5.90. The third-order valence-electron chi connectivity index (χ3n) is 5.73. The maximum absolute atomic E-state index is 12.6. The largest absolute Gasteiger partial charge is 0.450 e. The second-order valence-corrected chi connectivity index (χ2v) is 7.69. The van der Waals surface area contributed by atoms with Crippen LogP contribution in [0.3, 0.4) is 0 Å². The van der Waals surface area contributed by atoms with Gasteiger partial charge in [-0.1, -0.05) is 17.7 Å². The van der Waals surface area contributed by atoms with Crippen LogP contribution in [0.1, 0.15) is 30.9 Å². The lowest BCUT2D eigenvalue weighted by molar-refractivity contribution is 0.0581. The van der Waals surface area contributed by atoms with Crippen molar-refractivity contribution in [1.82, 2.24) is 14.7 Å². The summed E-state index contributed by atoms with van der Waals surface area (Å²) in [4.78, 5) is 30.6. The van der Waals surface area contributed by atoms with Crippen molar-refractivity contribution in [2.45, 2.75) is 39.7 Å². The highest BCUT2D eigenvalue weighted by Gasteiger charge is 2.30. The van der Waals surface area contributed by atoms with Gasteiger partial charge in [0.2, 0.25) is 0 Å². The van der Waals surface area contributed by atoms with E-state index in [1.165, 1.54) is 5.56 Å². The number of piperidine rings is 1. The van der Waals surface area contributed by atoms with E-state index in [1.54, 1.807) is 4.90 Å². The molecule has 1 N–H and O–H groups in total. The molecule has 0 atom stereocenters. The molecule has 2 aliphatic rings. The van der Waals surface area contributed by atoms with Crippen molar-refractivity contribution in [1.29, 1.82) is 0 Å². The minimum Gasteiger partial charge on any atom is -0.450 e. The van der Waals surface area contributed by atoms with Gasteiger partial charge in [0.15, 0.2) is 0 Å². The SMILES string of the molecule is CCOC(=O)N1CCC(N2CCN(C(=O)Nc3ccc(C)cc3C)CC2)CC1. The van der Waals surface area contributed by atoms with Gasteiger partial charge in [0.05, 0.1) is 6.61 Å². The van der Waals surface area contributed by atoms with Crippen molar-refractivity contribution < 1.29 is 14.3 Å². The Bertz CT molecular complexity index is 693. The van der Waals surface area contributed by atoms with Crippen LogP contribution in [0.4, 0.5) is 15.3 Å². The summed E-state index contributed by atoms with van der Waals surface area (Å²) < 4.78 is 5.09. The molecule has 0 spiro atoms. The summed E-state index contributed by atoms with van der Waals surface area (Å²) in [6.45, 7) is 11.0. The van der Waals surface area contributed by atoms with Gasteiger partial charge >= 0.3 is 12.1 Å². The molecule has 0 aromatic heterocycles. The van der Waals surface area contributed by atoms with Crippen molar-refractivity contribution in [2.24, 2.45) is 0 Å². The van der Waals surface area contributed by atoms with E-state index in [2.05, 4.69) is 23.2 Å². The number of aryl methyl sites for hydroxylation is 2. The molecule has 1 aromatic rings. The Hall–Kier alpha value is -2.28. The average molecular weight is 389 g/mol. The maximum Gasteiger partial charge on any atom is 0.409 e. The molecule has 7 heteroatoms. The summed E-state index contributed by atoms with van der Waals surface area (Å²) >= 11 is 0. The normalized spacial score (nSPS) is 18.8. The highest BCUT2D eigenvalue weighted by atomic mass is 16.6. The summed E-state index contributed by atoms with van der Waals surface area (Å²) in [5.74, 6) is 0. The van der Waals surface area contributed by atoms with Gasteiger partial charge in [-0.25, -0.2) is 9.59 Å². The molecule has 2 fully saturated rings. The zero-order chi connectivity index (χ0) is 20.1. The number of anilines is 1. The van der Waals surface area contributed by atoms with Crippen molar-refractivity contribution in [3.8, 4) is 0 Å². The highest BCUT2D eigenvalue weighted by Crippen LogP contribution is 2.20. The first-order valence-corrected chi connectivity index (χ1v) is 10.3. The van der Waals surface area contributed by atoms with Crippen LogP contribution in [0.5, 0.6) is 0 Å². The molecule has 2 saturated heterocycles. The maximum atomic E-state index is 12.6. The standard InChI is InChI=1S/C21H32N4O3/c1-4-28-21(27)25-9-7-18(8-10-25)23-11-13-24(14-12-23)20(26)22-19-6-5-16(2)15-17(19)3/h5-6,15,18H,4,7-14H2,1-3H3,(H,22,26). The number of carbonyl (C=O) groups excluding carboxylic acids is 2. The third-order valence-corrected chi connectivity index (χ3v) is 5.73. The average Bonchev–Trinajstić information content (AvgIpc) is 2.70. The number of rotatable bonds is 3. The number of benzene rings is 1. The van der Waals surface area contributed by atoms with Crippen LogP contribution >= 0.6 is 0 Å². The minimum absolute atomic E-state index is 0.0243. The molecule has 0 bridgehead atoms. The molecule has 3 rings (SSSR count). The third kappa shape index (κ3) is 4.95. The van der Waals surface area contributed by atoms with Gasteiger partial charge in [0.25, 0.3) is 0 Å². The Morgan fingerprint density at radius 3 is 2.32 bits per heavy atom. The molecule has 0 unspecified atom stereocenters. The van der Waals surface area contributed by atoms with Gasteiger partial charge in [0, 0.05) is 51.0 Å². The minimum atomic E-state index is -0.200. The fourth-order valence-corrected chi connectivity index (χ4v) is 4.07. The number of hydrogen-bond acceptors (Lipinski definition) is 4. The Labute approximate surface area is 167 Å². The number of hydrogen-bond donors (Lipinski definition) is 1. The van der Waals surface area contributed by atoms with Gasteiger partial charge < -0.3 is 19.9 Å². The van der Waals surface area contributed by atoms with Gasteiger partial charge in [-0.15, -0.1) is 0 Å². The lowest BCUT2D eigenvalue weighted by Gasteiger charge is -2.42. The number of likely N-dealkylation sites (tertiary alicyclic amines) is 1. The molecule has 154 valence electrons. The molecule has 1 aromatic carbocycles. The van der Waals surface area contributed by atoms with E-state index in [4.69, 9.17) is 4.74 Å². The van der Waals surface area contributed by atoms with Crippen LogP contribution in [-0.4, -0.2) is 78.7 Å². The van der Waals surface area contributed by atoms with Crippen LogP contribution in [-0.2, 0) is 4.74 Å². The Kier molecular flexibility index (Phi) is 6.78. The molecular weight excluding hydrogens is 356 g/mol. The summed E-state index contributed by atoms with van der Waals surface area (Å²) in [5.41, 5.74) is 3.16. The van der Waals surface area contributed by atoms with E-state index in [9.17, 15) is 9.59 Å². The van der Waals surface area contributed by atoms with Crippen LogP contribution in [0.25, 0.3) is 0 Å². The van der Waals surface area contributed by atoms with E-state index in [0.717, 1.165) is 63.4 Å². The van der Waals surface area contributed by atoms with E-state index in [-0.39, 0.29) is 12.1 Å². The zero-order valence-corrected chi connectivity index (χ0v) is 17.2. The van der Waals surface area contributed by atoms with Gasteiger partial charge in [-0.05, 0) is 45.2 Å². The molecule has 2 heterocycles. The lowest BCUT2D eigenvalue weighted by Crippen LogP contribution is -2.55. The molecule has 0 saturated carbocycles. The first-order valence-electron chi connectivity index (χ1n) is 10.3. The number of nitrogens with zero attached hydrogens (tertiary/aromatic N) is 3. The van der Waals surface area contributed by atoms with Crippen LogP contribution in [0, 0.1) is 13.8 Å². The molecule has 28 heavy (non-hydrogen) atoms. The van der Waals surface area contributed by atoms with Crippen LogP contribution < -0.4 is 5.32 Å². The summed E-state index contributed by atoms with van der Waals surface area (Å²) in [5, 5.41) is 3.04. The number of nitrogens with one attached hydrogen (secondary N) is 1. The molecule has 0 aliphatic carbocycles. The molecular formula is C21H32N4O3. The number of piperazine rings is 1. The second-order valence-electron chi connectivity index (χ2n) is 7.69. The van der Waals surface area contributed by atoms with Crippen molar-refractivity contribution >= 4 is 17.8 Å². The molecule has 0 radical (unpaired) electrons. The van der Waals surface area contributed by atoms with Crippen molar-refractivity contribution in [3.05, 3.63) is 29.3 Å². The van der Waals surface area contributed by atoms with Crippen molar-refractivity contribution in [2.75, 3.05) is 51.2 Å².